The monoisotopic (exact) mass is 309 g/mol. The molecule has 0 aliphatic carbocycles. The van der Waals surface area contributed by atoms with Crippen molar-refractivity contribution in [2.75, 3.05) is 18.6 Å². The molecule has 1 aromatic rings. The quantitative estimate of drug-likeness (QED) is 0.814. The van der Waals surface area contributed by atoms with Crippen molar-refractivity contribution < 1.29 is 9.90 Å². The predicted molar refractivity (Wildman–Crippen MR) is 90.9 cm³/mol. The van der Waals surface area contributed by atoms with Crippen LogP contribution in [0.2, 0.25) is 0 Å². The van der Waals surface area contributed by atoms with Gasteiger partial charge in [0.25, 0.3) is 0 Å². The van der Waals surface area contributed by atoms with Crippen LogP contribution in [-0.2, 0) is 16.6 Å². The summed E-state index contributed by atoms with van der Waals surface area (Å²) in [4.78, 5) is 12.4. The summed E-state index contributed by atoms with van der Waals surface area (Å²) in [6.07, 6.45) is 2.93. The molecule has 0 fully saturated rings. The molecule has 1 rings (SSSR count). The second kappa shape index (κ2) is 7.32. The van der Waals surface area contributed by atoms with E-state index in [1.807, 2.05) is 32.2 Å². The number of hydrogen-bond acceptors (Lipinski definition) is 3. The van der Waals surface area contributed by atoms with Crippen molar-refractivity contribution in [3.63, 3.8) is 0 Å². The lowest BCUT2D eigenvalue weighted by atomic mass is 9.83. The lowest BCUT2D eigenvalue weighted by molar-refractivity contribution is -0.126. The van der Waals surface area contributed by atoms with Crippen molar-refractivity contribution in [2.45, 2.75) is 45.1 Å². The van der Waals surface area contributed by atoms with E-state index in [-0.39, 0.29) is 12.5 Å². The van der Waals surface area contributed by atoms with Gasteiger partial charge in [-0.05, 0) is 44.6 Å². The van der Waals surface area contributed by atoms with Crippen LogP contribution in [0.1, 0.15) is 38.8 Å². The SMILES string of the molecule is CCc1ccc(C(C)(C)C(=O)NCC(C)(O)CSC)cc1. The van der Waals surface area contributed by atoms with Gasteiger partial charge < -0.3 is 10.4 Å². The van der Waals surface area contributed by atoms with Gasteiger partial charge in [-0.15, -0.1) is 0 Å². The highest BCUT2D eigenvalue weighted by Crippen LogP contribution is 2.24. The maximum absolute atomic E-state index is 12.4. The summed E-state index contributed by atoms with van der Waals surface area (Å²) >= 11 is 1.57. The molecular formula is C17H27NO2S. The molecule has 1 amide bonds. The molecule has 0 aliphatic rings. The van der Waals surface area contributed by atoms with Crippen LogP contribution in [-0.4, -0.2) is 35.2 Å². The second-order valence-corrected chi connectivity index (χ2v) is 7.15. The van der Waals surface area contributed by atoms with Gasteiger partial charge >= 0.3 is 0 Å². The van der Waals surface area contributed by atoms with Crippen LogP contribution < -0.4 is 5.32 Å². The van der Waals surface area contributed by atoms with Crippen molar-refractivity contribution in [3.8, 4) is 0 Å². The van der Waals surface area contributed by atoms with Gasteiger partial charge in [0.05, 0.1) is 11.0 Å². The summed E-state index contributed by atoms with van der Waals surface area (Å²) in [5.74, 6) is 0.534. The molecule has 4 heteroatoms. The Bertz CT molecular complexity index is 466. The molecule has 0 aromatic heterocycles. The molecule has 21 heavy (non-hydrogen) atoms. The smallest absolute Gasteiger partial charge is 0.230 e. The first-order valence-electron chi connectivity index (χ1n) is 7.32. The van der Waals surface area contributed by atoms with Crippen LogP contribution >= 0.6 is 11.8 Å². The van der Waals surface area contributed by atoms with Crippen molar-refractivity contribution in [2.24, 2.45) is 0 Å². The molecule has 1 aromatic carbocycles. The van der Waals surface area contributed by atoms with Crippen molar-refractivity contribution in [3.05, 3.63) is 35.4 Å². The second-order valence-electron chi connectivity index (χ2n) is 6.29. The zero-order chi connectivity index (χ0) is 16.1. The van der Waals surface area contributed by atoms with Crippen LogP contribution in [0.15, 0.2) is 24.3 Å². The van der Waals surface area contributed by atoms with E-state index in [0.717, 1.165) is 12.0 Å². The minimum Gasteiger partial charge on any atom is -0.387 e. The molecule has 0 aliphatic heterocycles. The van der Waals surface area contributed by atoms with E-state index in [1.54, 1.807) is 18.7 Å². The first-order chi connectivity index (χ1) is 9.73. The Morgan fingerprint density at radius 1 is 1.24 bits per heavy atom. The van der Waals surface area contributed by atoms with Crippen molar-refractivity contribution in [1.82, 2.24) is 5.32 Å². The highest BCUT2D eigenvalue weighted by atomic mass is 32.2. The van der Waals surface area contributed by atoms with E-state index < -0.39 is 11.0 Å². The lowest BCUT2D eigenvalue weighted by Crippen LogP contribution is -2.48. The Morgan fingerprint density at radius 2 is 1.81 bits per heavy atom. The number of amides is 1. The molecule has 0 bridgehead atoms. The zero-order valence-corrected chi connectivity index (χ0v) is 14.5. The molecule has 0 saturated heterocycles. The summed E-state index contributed by atoms with van der Waals surface area (Å²) < 4.78 is 0. The van der Waals surface area contributed by atoms with Crippen LogP contribution in [0, 0.1) is 0 Å². The van der Waals surface area contributed by atoms with E-state index in [1.165, 1.54) is 5.56 Å². The maximum atomic E-state index is 12.4. The molecule has 2 N–H and O–H groups in total. The number of carbonyl (C=O) groups excluding carboxylic acids is 1. The summed E-state index contributed by atoms with van der Waals surface area (Å²) in [7, 11) is 0. The number of aryl methyl sites for hydroxylation is 1. The van der Waals surface area contributed by atoms with Gasteiger partial charge in [-0.1, -0.05) is 31.2 Å². The van der Waals surface area contributed by atoms with E-state index in [4.69, 9.17) is 0 Å². The normalized spacial score (nSPS) is 14.6. The minimum atomic E-state index is -0.878. The summed E-state index contributed by atoms with van der Waals surface area (Å²) in [6.45, 7) is 7.94. The van der Waals surface area contributed by atoms with E-state index >= 15 is 0 Å². The van der Waals surface area contributed by atoms with E-state index in [9.17, 15) is 9.90 Å². The molecule has 1 atom stereocenters. The van der Waals surface area contributed by atoms with Crippen LogP contribution in [0.3, 0.4) is 0 Å². The largest absolute Gasteiger partial charge is 0.387 e. The molecule has 118 valence electrons. The van der Waals surface area contributed by atoms with Gasteiger partial charge in [-0.25, -0.2) is 0 Å². The van der Waals surface area contributed by atoms with Gasteiger partial charge in [-0.3, -0.25) is 4.79 Å². The van der Waals surface area contributed by atoms with Gasteiger partial charge in [0.1, 0.15) is 0 Å². The zero-order valence-electron chi connectivity index (χ0n) is 13.7. The number of rotatable bonds is 7. The summed E-state index contributed by atoms with van der Waals surface area (Å²) in [5, 5.41) is 13.0. The third kappa shape index (κ3) is 5.04. The fourth-order valence-electron chi connectivity index (χ4n) is 2.14. The highest BCUT2D eigenvalue weighted by molar-refractivity contribution is 7.98. The van der Waals surface area contributed by atoms with E-state index in [2.05, 4.69) is 24.4 Å². The first-order valence-corrected chi connectivity index (χ1v) is 8.71. The van der Waals surface area contributed by atoms with Crippen LogP contribution in [0.5, 0.6) is 0 Å². The fraction of sp³-hybridized carbons (Fsp3) is 0.588. The summed E-state index contributed by atoms with van der Waals surface area (Å²) in [5.41, 5.74) is 0.762. The number of hydrogen-bond donors (Lipinski definition) is 2. The number of aliphatic hydroxyl groups is 1. The molecule has 0 radical (unpaired) electrons. The van der Waals surface area contributed by atoms with Crippen molar-refractivity contribution in [1.29, 1.82) is 0 Å². The molecule has 0 heterocycles. The number of benzene rings is 1. The number of carbonyl (C=O) groups is 1. The Labute approximate surface area is 132 Å². The van der Waals surface area contributed by atoms with Crippen LogP contribution in [0.25, 0.3) is 0 Å². The molecule has 1 unspecified atom stereocenters. The van der Waals surface area contributed by atoms with Crippen molar-refractivity contribution >= 4 is 17.7 Å². The van der Waals surface area contributed by atoms with Gasteiger partial charge in [-0.2, -0.15) is 11.8 Å². The average Bonchev–Trinajstić information content (AvgIpc) is 2.44. The Morgan fingerprint density at radius 3 is 2.29 bits per heavy atom. The number of nitrogens with one attached hydrogen (secondary N) is 1. The average molecular weight is 309 g/mol. The lowest BCUT2D eigenvalue weighted by Gasteiger charge is -2.28. The van der Waals surface area contributed by atoms with Gasteiger partial charge in [0.15, 0.2) is 0 Å². The molecule has 0 saturated carbocycles. The minimum absolute atomic E-state index is 0.0619. The topological polar surface area (TPSA) is 49.3 Å². The third-order valence-corrected chi connectivity index (χ3v) is 4.65. The first kappa shape index (κ1) is 18.1. The third-order valence-electron chi connectivity index (χ3n) is 3.74. The van der Waals surface area contributed by atoms with Gasteiger partial charge in [0, 0.05) is 12.3 Å². The maximum Gasteiger partial charge on any atom is 0.230 e. The highest BCUT2D eigenvalue weighted by Gasteiger charge is 2.31. The van der Waals surface area contributed by atoms with Gasteiger partial charge in [0.2, 0.25) is 5.91 Å². The molecule has 0 spiro atoms. The van der Waals surface area contributed by atoms with E-state index in [0.29, 0.717) is 5.75 Å². The summed E-state index contributed by atoms with van der Waals surface area (Å²) in [6, 6.07) is 8.15. The van der Waals surface area contributed by atoms with Crippen LogP contribution in [0.4, 0.5) is 0 Å². The Balaban J connectivity index is 2.74. The Hall–Kier alpha value is -1.00. The fourth-order valence-corrected chi connectivity index (χ4v) is 2.87. The predicted octanol–water partition coefficient (Wildman–Crippen LogP) is 2.76. The standard InChI is InChI=1S/C17H27NO2S/c1-6-13-7-9-14(10-8-13)16(2,3)15(19)18-11-17(4,20)12-21-5/h7-10,20H,6,11-12H2,1-5H3,(H,18,19). The molecular weight excluding hydrogens is 282 g/mol. The molecule has 3 nitrogen and oxygen atoms in total. The number of thioether (sulfide) groups is 1. The Kier molecular flexibility index (Phi) is 6.29.